The highest BCUT2D eigenvalue weighted by molar-refractivity contribution is 14.0. The molecule has 0 spiro atoms. The predicted octanol–water partition coefficient (Wildman–Crippen LogP) is 4.18. The minimum atomic E-state index is -3.68. The SMILES string of the molecule is CC1(CNC(=NCc2ccc(S(N)(=O)=O)cc2)NCCc2ccco2)CCCCCC1.I. The monoisotopic (exact) mass is 574 g/mol. The van der Waals surface area contributed by atoms with Gasteiger partial charge in [-0.15, -0.1) is 24.0 Å². The van der Waals surface area contributed by atoms with Crippen molar-refractivity contribution in [2.45, 2.75) is 63.3 Å². The minimum Gasteiger partial charge on any atom is -0.469 e. The average Bonchev–Trinajstić information content (AvgIpc) is 3.16. The molecule has 0 bridgehead atoms. The molecule has 1 heterocycles. The summed E-state index contributed by atoms with van der Waals surface area (Å²) in [6, 6.07) is 10.4. The maximum absolute atomic E-state index is 11.4. The first-order chi connectivity index (χ1) is 14.8. The van der Waals surface area contributed by atoms with Crippen molar-refractivity contribution in [3.05, 3.63) is 54.0 Å². The minimum absolute atomic E-state index is 0. The first-order valence-electron chi connectivity index (χ1n) is 11.0. The highest BCUT2D eigenvalue weighted by Crippen LogP contribution is 2.33. The number of rotatable bonds is 8. The molecule has 0 saturated heterocycles. The molecule has 1 aliphatic carbocycles. The van der Waals surface area contributed by atoms with Crippen molar-refractivity contribution in [1.82, 2.24) is 10.6 Å². The van der Waals surface area contributed by atoms with Gasteiger partial charge in [0.2, 0.25) is 10.0 Å². The van der Waals surface area contributed by atoms with Crippen LogP contribution in [0.4, 0.5) is 0 Å². The van der Waals surface area contributed by atoms with Crippen LogP contribution in [0.3, 0.4) is 0 Å². The smallest absolute Gasteiger partial charge is 0.238 e. The van der Waals surface area contributed by atoms with Crippen LogP contribution in [-0.2, 0) is 23.0 Å². The van der Waals surface area contributed by atoms with Crippen LogP contribution in [-0.4, -0.2) is 27.5 Å². The molecule has 0 radical (unpaired) electrons. The number of guanidine groups is 1. The molecule has 1 aromatic heterocycles. The number of nitrogens with two attached hydrogens (primary N) is 1. The number of furan rings is 1. The Morgan fingerprint density at radius 1 is 1.09 bits per heavy atom. The van der Waals surface area contributed by atoms with Gasteiger partial charge in [-0.2, -0.15) is 0 Å². The molecular weight excluding hydrogens is 539 g/mol. The second-order valence-electron chi connectivity index (χ2n) is 8.69. The fourth-order valence-corrected chi connectivity index (χ4v) is 4.46. The van der Waals surface area contributed by atoms with Crippen molar-refractivity contribution < 1.29 is 12.8 Å². The van der Waals surface area contributed by atoms with Crippen LogP contribution in [0.1, 0.15) is 56.8 Å². The van der Waals surface area contributed by atoms with Crippen molar-refractivity contribution in [1.29, 1.82) is 0 Å². The van der Waals surface area contributed by atoms with E-state index in [0.29, 0.717) is 13.1 Å². The highest BCUT2D eigenvalue weighted by atomic mass is 127. The second kappa shape index (κ2) is 12.6. The maximum atomic E-state index is 11.4. The van der Waals surface area contributed by atoms with Gasteiger partial charge < -0.3 is 15.1 Å². The first kappa shape index (κ1) is 26.7. The Labute approximate surface area is 208 Å². The van der Waals surface area contributed by atoms with Crippen LogP contribution < -0.4 is 15.8 Å². The third-order valence-electron chi connectivity index (χ3n) is 5.91. The number of nitrogens with zero attached hydrogens (tertiary/aromatic N) is 1. The largest absolute Gasteiger partial charge is 0.469 e. The summed E-state index contributed by atoms with van der Waals surface area (Å²) in [6.45, 7) is 4.39. The Kier molecular flexibility index (Phi) is 10.5. The molecule has 3 rings (SSSR count). The molecule has 2 aromatic rings. The number of nitrogens with one attached hydrogen (secondary N) is 2. The molecule has 0 atom stereocenters. The molecule has 7 nitrogen and oxygen atoms in total. The van der Waals surface area contributed by atoms with Gasteiger partial charge in [-0.05, 0) is 48.1 Å². The quantitative estimate of drug-likeness (QED) is 0.190. The molecule has 4 N–H and O–H groups in total. The summed E-state index contributed by atoms with van der Waals surface area (Å²) >= 11 is 0. The fourth-order valence-electron chi connectivity index (χ4n) is 3.94. The van der Waals surface area contributed by atoms with Crippen LogP contribution in [0.2, 0.25) is 0 Å². The summed E-state index contributed by atoms with van der Waals surface area (Å²) in [5, 5.41) is 12.1. The van der Waals surface area contributed by atoms with Crippen molar-refractivity contribution in [3.63, 3.8) is 0 Å². The Morgan fingerprint density at radius 2 is 1.78 bits per heavy atom. The lowest BCUT2D eigenvalue weighted by Gasteiger charge is -2.29. The normalized spacial score (nSPS) is 16.6. The van der Waals surface area contributed by atoms with Gasteiger partial charge in [0.25, 0.3) is 0 Å². The van der Waals surface area contributed by atoms with E-state index in [9.17, 15) is 8.42 Å². The standard InChI is InChI=1S/C23H34N4O3S.HI/c1-23(13-4-2-3-5-14-23)18-27-22(25-15-12-20-7-6-16-30-20)26-17-19-8-10-21(11-9-19)31(24,28)29;/h6-11,16H,2-5,12-15,17-18H2,1H3,(H2,24,28,29)(H2,25,26,27);1H. The Bertz CT molecular complexity index is 936. The van der Waals surface area contributed by atoms with Crippen LogP contribution in [0.15, 0.2) is 57.0 Å². The lowest BCUT2D eigenvalue weighted by atomic mass is 9.82. The molecule has 0 unspecified atom stereocenters. The number of primary sulfonamides is 1. The first-order valence-corrected chi connectivity index (χ1v) is 12.6. The van der Waals surface area contributed by atoms with E-state index in [1.165, 1.54) is 50.7 Å². The van der Waals surface area contributed by atoms with E-state index in [0.717, 1.165) is 30.2 Å². The molecule has 1 aromatic carbocycles. The number of benzene rings is 1. The van der Waals surface area contributed by atoms with Gasteiger partial charge in [0, 0.05) is 19.5 Å². The van der Waals surface area contributed by atoms with Crippen LogP contribution in [0.25, 0.3) is 0 Å². The Balaban J connectivity index is 0.00000363. The molecule has 0 aliphatic heterocycles. The summed E-state index contributed by atoms with van der Waals surface area (Å²) in [5.41, 5.74) is 1.19. The van der Waals surface area contributed by atoms with Crippen LogP contribution >= 0.6 is 24.0 Å². The van der Waals surface area contributed by atoms with Gasteiger partial charge in [0.15, 0.2) is 5.96 Å². The van der Waals surface area contributed by atoms with E-state index in [1.54, 1.807) is 18.4 Å². The zero-order chi connectivity index (χ0) is 22.2. The van der Waals surface area contributed by atoms with Crippen molar-refractivity contribution in [2.75, 3.05) is 13.1 Å². The second-order valence-corrected chi connectivity index (χ2v) is 10.2. The fraction of sp³-hybridized carbons (Fsp3) is 0.522. The van der Waals surface area contributed by atoms with Gasteiger partial charge in [-0.25, -0.2) is 18.5 Å². The third kappa shape index (κ3) is 8.74. The maximum Gasteiger partial charge on any atom is 0.238 e. The van der Waals surface area contributed by atoms with Gasteiger partial charge in [0.05, 0.1) is 17.7 Å². The number of sulfonamides is 1. The third-order valence-corrected chi connectivity index (χ3v) is 6.84. The van der Waals surface area contributed by atoms with E-state index >= 15 is 0 Å². The topological polar surface area (TPSA) is 110 Å². The number of aliphatic imine (C=N–C) groups is 1. The number of hydrogen-bond acceptors (Lipinski definition) is 4. The van der Waals surface area contributed by atoms with E-state index in [1.807, 2.05) is 12.1 Å². The van der Waals surface area contributed by atoms with E-state index in [4.69, 9.17) is 14.5 Å². The molecule has 1 aliphatic rings. The Morgan fingerprint density at radius 3 is 2.38 bits per heavy atom. The number of hydrogen-bond donors (Lipinski definition) is 3. The predicted molar refractivity (Wildman–Crippen MR) is 139 cm³/mol. The van der Waals surface area contributed by atoms with Crippen molar-refractivity contribution >= 4 is 40.0 Å². The van der Waals surface area contributed by atoms with E-state index in [2.05, 4.69) is 17.6 Å². The summed E-state index contributed by atoms with van der Waals surface area (Å²) in [6.07, 6.45) is 10.1. The Hall–Kier alpha value is -1.59. The average molecular weight is 575 g/mol. The lowest BCUT2D eigenvalue weighted by molar-refractivity contribution is 0.277. The van der Waals surface area contributed by atoms with E-state index < -0.39 is 10.0 Å². The lowest BCUT2D eigenvalue weighted by Crippen LogP contribution is -2.43. The van der Waals surface area contributed by atoms with Gasteiger partial charge in [0.1, 0.15) is 5.76 Å². The van der Waals surface area contributed by atoms with Crippen LogP contribution in [0.5, 0.6) is 0 Å². The molecule has 1 saturated carbocycles. The van der Waals surface area contributed by atoms with Crippen molar-refractivity contribution in [3.8, 4) is 0 Å². The van der Waals surface area contributed by atoms with Crippen LogP contribution in [0, 0.1) is 5.41 Å². The molecular formula is C23H35IN4O3S. The zero-order valence-corrected chi connectivity index (χ0v) is 21.8. The highest BCUT2D eigenvalue weighted by Gasteiger charge is 2.25. The molecule has 0 amide bonds. The summed E-state index contributed by atoms with van der Waals surface area (Å²) in [4.78, 5) is 4.83. The van der Waals surface area contributed by atoms with Gasteiger partial charge in [-0.3, -0.25) is 0 Å². The summed E-state index contributed by atoms with van der Waals surface area (Å²) < 4.78 is 28.3. The van der Waals surface area contributed by atoms with Gasteiger partial charge >= 0.3 is 0 Å². The molecule has 32 heavy (non-hydrogen) atoms. The molecule has 1 fully saturated rings. The van der Waals surface area contributed by atoms with E-state index in [-0.39, 0.29) is 34.3 Å². The zero-order valence-electron chi connectivity index (χ0n) is 18.7. The number of halogens is 1. The molecule has 178 valence electrons. The summed E-state index contributed by atoms with van der Waals surface area (Å²) in [5.74, 6) is 1.69. The molecule has 9 heteroatoms. The van der Waals surface area contributed by atoms with Crippen molar-refractivity contribution in [2.24, 2.45) is 15.5 Å². The van der Waals surface area contributed by atoms with Gasteiger partial charge in [-0.1, -0.05) is 44.7 Å². The summed E-state index contributed by atoms with van der Waals surface area (Å²) in [7, 11) is -3.68.